The van der Waals surface area contributed by atoms with Gasteiger partial charge in [0.2, 0.25) is 0 Å². The molecule has 9 heteroatoms. The van der Waals surface area contributed by atoms with E-state index in [0.717, 1.165) is 5.69 Å². The molecule has 0 bridgehead atoms. The molecule has 1 amide bonds. The Bertz CT molecular complexity index is 1090. The lowest BCUT2D eigenvalue weighted by atomic mass is 9.77. The molecule has 1 fully saturated rings. The van der Waals surface area contributed by atoms with Crippen molar-refractivity contribution in [2.45, 2.75) is 25.4 Å². The third-order valence-corrected chi connectivity index (χ3v) is 6.64. The van der Waals surface area contributed by atoms with E-state index in [1.54, 1.807) is 50.2 Å². The Kier molecular flexibility index (Phi) is 6.07. The fourth-order valence-electron chi connectivity index (χ4n) is 4.97. The van der Waals surface area contributed by atoms with Gasteiger partial charge in [0.15, 0.2) is 11.6 Å². The Morgan fingerprint density at radius 2 is 1.58 bits per heavy atom. The number of para-hydroxylation sites is 1. The van der Waals surface area contributed by atoms with E-state index in [-0.39, 0.29) is 13.2 Å². The Morgan fingerprint density at radius 3 is 2.21 bits per heavy atom. The normalized spacial score (nSPS) is 24.3. The van der Waals surface area contributed by atoms with E-state index >= 15 is 0 Å². The van der Waals surface area contributed by atoms with Crippen molar-refractivity contribution in [1.29, 1.82) is 0 Å². The minimum absolute atomic E-state index is 0.104. The van der Waals surface area contributed by atoms with Gasteiger partial charge in [0.1, 0.15) is 5.92 Å². The first-order valence-corrected chi connectivity index (χ1v) is 11.2. The van der Waals surface area contributed by atoms with Crippen molar-refractivity contribution in [2.75, 3.05) is 37.2 Å². The molecule has 0 aliphatic carbocycles. The summed E-state index contributed by atoms with van der Waals surface area (Å²) < 4.78 is 10.8. The fraction of sp³-hybridized carbons (Fsp3) is 0.375. The highest BCUT2D eigenvalue weighted by atomic mass is 35.5. The minimum Gasteiger partial charge on any atom is -0.466 e. The van der Waals surface area contributed by atoms with Crippen molar-refractivity contribution >= 4 is 40.8 Å². The van der Waals surface area contributed by atoms with Crippen LogP contribution in [0.5, 0.6) is 0 Å². The summed E-state index contributed by atoms with van der Waals surface area (Å²) in [7, 11) is 3.55. The first-order valence-electron chi connectivity index (χ1n) is 10.8. The zero-order valence-corrected chi connectivity index (χ0v) is 19.7. The van der Waals surface area contributed by atoms with Crippen LogP contribution in [0.1, 0.15) is 19.4 Å². The van der Waals surface area contributed by atoms with Crippen LogP contribution in [0.2, 0.25) is 5.02 Å². The number of amides is 1. The molecule has 33 heavy (non-hydrogen) atoms. The number of nitrogens with zero attached hydrogens (tertiary/aromatic N) is 3. The first-order chi connectivity index (χ1) is 15.8. The summed E-state index contributed by atoms with van der Waals surface area (Å²) in [6, 6.07) is 12.7. The van der Waals surface area contributed by atoms with Crippen LogP contribution < -0.4 is 9.91 Å². The van der Waals surface area contributed by atoms with Crippen LogP contribution in [0.15, 0.2) is 48.5 Å². The van der Waals surface area contributed by atoms with Gasteiger partial charge in [-0.2, -0.15) is 0 Å². The second-order valence-electron chi connectivity index (χ2n) is 7.91. The molecule has 4 rings (SSSR count). The summed E-state index contributed by atoms with van der Waals surface area (Å²) in [6.07, 6.45) is 0. The van der Waals surface area contributed by atoms with E-state index < -0.39 is 35.3 Å². The van der Waals surface area contributed by atoms with Gasteiger partial charge < -0.3 is 14.5 Å². The molecule has 3 atom stereocenters. The average Bonchev–Trinajstić information content (AvgIpc) is 3.20. The van der Waals surface area contributed by atoms with Crippen LogP contribution in [0, 0.1) is 5.92 Å². The molecule has 8 nitrogen and oxygen atoms in total. The Hall–Kier alpha value is -3.10. The highest BCUT2D eigenvalue weighted by molar-refractivity contribution is 6.30. The molecule has 2 aliphatic heterocycles. The molecule has 2 aliphatic rings. The highest BCUT2D eigenvalue weighted by Gasteiger charge is 2.71. The first kappa shape index (κ1) is 23.1. The second kappa shape index (κ2) is 8.68. The molecule has 0 aromatic heterocycles. The molecular weight excluding hydrogens is 446 g/mol. The number of rotatable bonds is 5. The third-order valence-electron chi connectivity index (χ3n) is 6.39. The van der Waals surface area contributed by atoms with Crippen molar-refractivity contribution in [2.24, 2.45) is 5.92 Å². The van der Waals surface area contributed by atoms with Crippen LogP contribution in [0.3, 0.4) is 0 Å². The maximum Gasteiger partial charge on any atom is 0.330 e. The number of fused-ring (bicyclic) bond motifs is 2. The van der Waals surface area contributed by atoms with Crippen LogP contribution in [-0.4, -0.2) is 56.2 Å². The van der Waals surface area contributed by atoms with E-state index in [9.17, 15) is 14.4 Å². The lowest BCUT2D eigenvalue weighted by molar-refractivity contribution is -0.160. The molecule has 174 valence electrons. The van der Waals surface area contributed by atoms with Crippen LogP contribution in [0.4, 0.5) is 11.4 Å². The summed E-state index contributed by atoms with van der Waals surface area (Å²) >= 11 is 6.07. The lowest BCUT2D eigenvalue weighted by Crippen LogP contribution is -2.56. The number of anilines is 2. The maximum absolute atomic E-state index is 14.4. The van der Waals surface area contributed by atoms with Crippen LogP contribution in [0.25, 0.3) is 0 Å². The number of halogens is 1. The van der Waals surface area contributed by atoms with Crippen molar-refractivity contribution in [3.63, 3.8) is 0 Å². The molecule has 0 N–H and O–H groups in total. The number of hydrogen-bond acceptors (Lipinski definition) is 7. The molecule has 1 spiro atoms. The largest absolute Gasteiger partial charge is 0.466 e. The number of hydrazine groups is 1. The zero-order valence-electron chi connectivity index (χ0n) is 18.9. The topological polar surface area (TPSA) is 79.4 Å². The number of esters is 2. The van der Waals surface area contributed by atoms with E-state index in [1.807, 2.05) is 36.3 Å². The van der Waals surface area contributed by atoms with Gasteiger partial charge in [0, 0.05) is 30.4 Å². The van der Waals surface area contributed by atoms with Gasteiger partial charge in [-0.15, -0.1) is 0 Å². The van der Waals surface area contributed by atoms with Gasteiger partial charge >= 0.3 is 11.9 Å². The van der Waals surface area contributed by atoms with E-state index in [4.69, 9.17) is 21.1 Å². The van der Waals surface area contributed by atoms with Crippen molar-refractivity contribution < 1.29 is 23.9 Å². The fourth-order valence-corrected chi connectivity index (χ4v) is 5.10. The zero-order chi connectivity index (χ0) is 23.9. The second-order valence-corrected chi connectivity index (χ2v) is 8.35. The molecule has 3 unspecified atom stereocenters. The average molecular weight is 472 g/mol. The van der Waals surface area contributed by atoms with Crippen molar-refractivity contribution in [3.8, 4) is 0 Å². The van der Waals surface area contributed by atoms with Gasteiger partial charge in [-0.25, -0.2) is 9.80 Å². The quantitative estimate of drug-likeness (QED) is 0.620. The van der Waals surface area contributed by atoms with Crippen molar-refractivity contribution in [3.05, 3.63) is 59.1 Å². The summed E-state index contributed by atoms with van der Waals surface area (Å²) in [6.45, 7) is 3.58. The maximum atomic E-state index is 14.4. The number of likely N-dealkylation sites (N-methyl/N-ethyl adjacent to an activating group) is 1. The number of carbonyl (C=O) groups is 3. The molecule has 0 radical (unpaired) electrons. The Labute approximate surface area is 197 Å². The highest BCUT2D eigenvalue weighted by Crippen LogP contribution is 2.55. The van der Waals surface area contributed by atoms with E-state index in [2.05, 4.69) is 0 Å². The Morgan fingerprint density at radius 1 is 0.970 bits per heavy atom. The van der Waals surface area contributed by atoms with Gasteiger partial charge in [-0.05, 0) is 44.2 Å². The summed E-state index contributed by atoms with van der Waals surface area (Å²) in [5.74, 6) is -2.90. The monoisotopic (exact) mass is 471 g/mol. The number of carbonyl (C=O) groups excluding carboxylic acids is 3. The van der Waals surface area contributed by atoms with Crippen LogP contribution >= 0.6 is 11.6 Å². The summed E-state index contributed by atoms with van der Waals surface area (Å²) in [5.41, 5.74) is 0.343. The van der Waals surface area contributed by atoms with Crippen LogP contribution in [-0.2, 0) is 29.4 Å². The van der Waals surface area contributed by atoms with Gasteiger partial charge in [-0.1, -0.05) is 29.8 Å². The van der Waals surface area contributed by atoms with E-state index in [1.165, 1.54) is 4.90 Å². The number of benzene rings is 2. The smallest absolute Gasteiger partial charge is 0.330 e. The molecule has 2 heterocycles. The molecular formula is C24H26ClN3O5. The number of ether oxygens (including phenoxy) is 2. The van der Waals surface area contributed by atoms with Crippen molar-refractivity contribution in [1.82, 2.24) is 5.01 Å². The number of hydrogen-bond donors (Lipinski definition) is 0. The molecule has 2 aromatic carbocycles. The molecule has 1 saturated heterocycles. The summed E-state index contributed by atoms with van der Waals surface area (Å²) in [4.78, 5) is 42.5. The van der Waals surface area contributed by atoms with E-state index in [0.29, 0.717) is 16.3 Å². The predicted octanol–water partition coefficient (Wildman–Crippen LogP) is 2.99. The minimum atomic E-state index is -1.49. The third kappa shape index (κ3) is 3.28. The Balaban J connectivity index is 2.01. The standard InChI is InChI=1S/C24H26ClN3O5/c1-5-32-21(29)19-20(22(30)33-6-2)28(16-13-11-15(25)12-14-16)23(31)24(19)17-9-7-8-10-18(17)26(3)27(24)4/h7-14,19-20H,5-6H2,1-4H3. The van der Waals surface area contributed by atoms with Gasteiger partial charge in [0.05, 0.1) is 18.9 Å². The van der Waals surface area contributed by atoms with Gasteiger partial charge in [-0.3, -0.25) is 14.5 Å². The molecule has 2 aromatic rings. The van der Waals surface area contributed by atoms with Gasteiger partial charge in [0.25, 0.3) is 5.91 Å². The lowest BCUT2D eigenvalue weighted by Gasteiger charge is -2.37. The summed E-state index contributed by atoms with van der Waals surface area (Å²) in [5, 5.41) is 4.01. The predicted molar refractivity (Wildman–Crippen MR) is 124 cm³/mol. The molecule has 0 saturated carbocycles. The SMILES string of the molecule is CCOC(=O)C1C(C(=O)OCC)C2(C(=O)N1c1ccc(Cl)cc1)c1ccccc1N(C)N2C.